The van der Waals surface area contributed by atoms with Crippen molar-refractivity contribution >= 4 is 17.1 Å². The molecular weight excluding hydrogens is 278 g/mol. The molecule has 0 bridgehead atoms. The van der Waals surface area contributed by atoms with E-state index in [9.17, 15) is 13.6 Å². The highest BCUT2D eigenvalue weighted by Crippen LogP contribution is 2.30. The zero-order valence-corrected chi connectivity index (χ0v) is 12.5. The third kappa shape index (κ3) is 3.31. The van der Waals surface area contributed by atoms with Crippen LogP contribution in [0.15, 0.2) is 30.3 Å². The summed E-state index contributed by atoms with van der Waals surface area (Å²) in [7, 11) is 0. The minimum Gasteiger partial charge on any atom is -0.293 e. The highest BCUT2D eigenvalue weighted by atomic mass is 32.1. The van der Waals surface area contributed by atoms with Crippen LogP contribution in [0.2, 0.25) is 0 Å². The molecule has 0 radical (unpaired) electrons. The van der Waals surface area contributed by atoms with Crippen LogP contribution in [0.4, 0.5) is 8.78 Å². The van der Waals surface area contributed by atoms with Crippen molar-refractivity contribution in [3.63, 3.8) is 0 Å². The van der Waals surface area contributed by atoms with Gasteiger partial charge in [-0.05, 0) is 35.2 Å². The maximum Gasteiger partial charge on any atom is 0.177 e. The maximum absolute atomic E-state index is 13.1. The molecule has 0 amide bonds. The number of hydrogen-bond donors (Lipinski definition) is 0. The van der Waals surface area contributed by atoms with Crippen LogP contribution >= 0.6 is 11.3 Å². The monoisotopic (exact) mass is 294 g/mol. The lowest BCUT2D eigenvalue weighted by atomic mass is 9.95. The molecule has 0 N–H and O–H groups in total. The van der Waals surface area contributed by atoms with Crippen molar-refractivity contribution in [2.75, 3.05) is 0 Å². The number of benzene rings is 1. The molecule has 0 aliphatic rings. The fraction of sp³-hybridized carbons (Fsp3) is 0.312. The molecule has 0 saturated carbocycles. The highest BCUT2D eigenvalue weighted by molar-refractivity contribution is 7.14. The van der Waals surface area contributed by atoms with E-state index < -0.39 is 11.6 Å². The minimum absolute atomic E-state index is 0.00514. The Kier molecular flexibility index (Phi) is 4.04. The number of carbonyl (C=O) groups excluding carboxylic acids is 1. The minimum atomic E-state index is -0.920. The summed E-state index contributed by atoms with van der Waals surface area (Å²) in [6.45, 7) is 6.26. The Hall–Kier alpha value is -1.55. The number of carbonyl (C=O) groups is 1. The Labute approximate surface area is 121 Å². The molecule has 0 atom stereocenters. The number of hydrogen-bond acceptors (Lipinski definition) is 2. The lowest BCUT2D eigenvalue weighted by molar-refractivity contribution is 0.0996. The second-order valence-electron chi connectivity index (χ2n) is 5.76. The van der Waals surface area contributed by atoms with Crippen LogP contribution in [0.1, 0.15) is 40.9 Å². The summed E-state index contributed by atoms with van der Waals surface area (Å²) in [6.07, 6.45) is 0.0846. The molecule has 0 aliphatic carbocycles. The lowest BCUT2D eigenvalue weighted by Crippen LogP contribution is -2.08. The third-order valence-electron chi connectivity index (χ3n) is 2.97. The van der Waals surface area contributed by atoms with Crippen molar-refractivity contribution < 1.29 is 13.6 Å². The molecule has 0 saturated heterocycles. The van der Waals surface area contributed by atoms with Gasteiger partial charge in [0.2, 0.25) is 0 Å². The smallest absolute Gasteiger partial charge is 0.177 e. The summed E-state index contributed by atoms with van der Waals surface area (Å²) < 4.78 is 25.9. The van der Waals surface area contributed by atoms with Gasteiger partial charge in [0.25, 0.3) is 0 Å². The number of thiophene rings is 1. The maximum atomic E-state index is 13.1. The number of halogens is 2. The first-order valence-electron chi connectivity index (χ1n) is 6.35. The van der Waals surface area contributed by atoms with Gasteiger partial charge < -0.3 is 0 Å². The van der Waals surface area contributed by atoms with Crippen molar-refractivity contribution in [3.8, 4) is 0 Å². The van der Waals surface area contributed by atoms with Gasteiger partial charge in [-0.1, -0.05) is 26.8 Å². The Morgan fingerprint density at radius 3 is 2.35 bits per heavy atom. The molecule has 1 heterocycles. The van der Waals surface area contributed by atoms with Crippen molar-refractivity contribution in [2.45, 2.75) is 32.6 Å². The SMILES string of the molecule is CC(C)(C)c1ccc(C(=O)Cc2ccc(F)c(F)c2)s1. The van der Waals surface area contributed by atoms with Crippen LogP contribution in [-0.2, 0) is 11.8 Å². The van der Waals surface area contributed by atoms with Crippen molar-refractivity contribution in [3.05, 3.63) is 57.3 Å². The Balaban J connectivity index is 2.16. The average molecular weight is 294 g/mol. The predicted molar refractivity (Wildman–Crippen MR) is 77.4 cm³/mol. The molecule has 1 aromatic carbocycles. The Morgan fingerprint density at radius 2 is 1.80 bits per heavy atom. The first-order valence-corrected chi connectivity index (χ1v) is 7.16. The highest BCUT2D eigenvalue weighted by Gasteiger charge is 2.18. The molecule has 2 rings (SSSR count). The molecule has 2 aromatic rings. The summed E-state index contributed by atoms with van der Waals surface area (Å²) in [4.78, 5) is 13.9. The number of Topliss-reactive ketones (excluding diaryl/α,β-unsaturated/α-hetero) is 1. The van der Waals surface area contributed by atoms with Crippen LogP contribution < -0.4 is 0 Å². The van der Waals surface area contributed by atoms with Gasteiger partial charge in [-0.3, -0.25) is 4.79 Å². The van der Waals surface area contributed by atoms with Crippen LogP contribution in [0, 0.1) is 11.6 Å². The van der Waals surface area contributed by atoms with Gasteiger partial charge in [-0.2, -0.15) is 0 Å². The summed E-state index contributed by atoms with van der Waals surface area (Å²) in [5.41, 5.74) is 0.491. The molecule has 1 aromatic heterocycles. The predicted octanol–water partition coefficient (Wildman–Crippen LogP) is 4.75. The van der Waals surface area contributed by atoms with Crippen molar-refractivity contribution in [1.82, 2.24) is 0 Å². The fourth-order valence-corrected chi connectivity index (χ4v) is 2.81. The van der Waals surface area contributed by atoms with Crippen LogP contribution in [0.3, 0.4) is 0 Å². The second-order valence-corrected chi connectivity index (χ2v) is 6.85. The van der Waals surface area contributed by atoms with Crippen LogP contribution in [0.5, 0.6) is 0 Å². The van der Waals surface area contributed by atoms with E-state index in [1.807, 2.05) is 6.07 Å². The van der Waals surface area contributed by atoms with Gasteiger partial charge in [0.05, 0.1) is 4.88 Å². The standard InChI is InChI=1S/C16H16F2OS/c1-16(2,3)15-7-6-14(20-15)13(19)9-10-4-5-11(17)12(18)8-10/h4-8H,9H2,1-3H3. The van der Waals surface area contributed by atoms with E-state index in [0.717, 1.165) is 17.0 Å². The van der Waals surface area contributed by atoms with Crippen LogP contribution in [-0.4, -0.2) is 5.78 Å². The number of rotatable bonds is 3. The molecule has 106 valence electrons. The second kappa shape index (κ2) is 5.44. The molecular formula is C16H16F2OS. The van der Waals surface area contributed by atoms with Crippen molar-refractivity contribution in [2.24, 2.45) is 0 Å². The zero-order valence-electron chi connectivity index (χ0n) is 11.7. The zero-order chi connectivity index (χ0) is 14.9. The molecule has 20 heavy (non-hydrogen) atoms. The molecule has 4 heteroatoms. The first-order chi connectivity index (χ1) is 9.27. The van der Waals surface area contributed by atoms with Gasteiger partial charge in [-0.25, -0.2) is 8.78 Å². The van der Waals surface area contributed by atoms with Gasteiger partial charge in [0.15, 0.2) is 17.4 Å². The van der Waals surface area contributed by atoms with E-state index >= 15 is 0 Å². The summed E-state index contributed by atoms with van der Waals surface area (Å²) >= 11 is 1.46. The molecule has 1 nitrogen and oxygen atoms in total. The van der Waals surface area contributed by atoms with E-state index in [1.165, 1.54) is 17.4 Å². The van der Waals surface area contributed by atoms with E-state index in [0.29, 0.717) is 10.4 Å². The van der Waals surface area contributed by atoms with Gasteiger partial charge in [0.1, 0.15) is 0 Å². The quantitative estimate of drug-likeness (QED) is 0.747. The first kappa shape index (κ1) is 14.9. The molecule has 0 aliphatic heterocycles. The lowest BCUT2D eigenvalue weighted by Gasteiger charge is -2.15. The van der Waals surface area contributed by atoms with Crippen molar-refractivity contribution in [1.29, 1.82) is 0 Å². The van der Waals surface area contributed by atoms with Crippen LogP contribution in [0.25, 0.3) is 0 Å². The topological polar surface area (TPSA) is 17.1 Å². The largest absolute Gasteiger partial charge is 0.293 e. The Morgan fingerprint density at radius 1 is 1.10 bits per heavy atom. The van der Waals surface area contributed by atoms with Gasteiger partial charge in [0, 0.05) is 11.3 Å². The normalized spacial score (nSPS) is 11.7. The van der Waals surface area contributed by atoms with E-state index in [4.69, 9.17) is 0 Å². The van der Waals surface area contributed by atoms with Gasteiger partial charge >= 0.3 is 0 Å². The number of ketones is 1. The molecule has 0 fully saturated rings. The van der Waals surface area contributed by atoms with E-state index in [-0.39, 0.29) is 17.6 Å². The summed E-state index contributed by atoms with van der Waals surface area (Å²) in [5.74, 6) is -1.89. The van der Waals surface area contributed by atoms with E-state index in [2.05, 4.69) is 20.8 Å². The van der Waals surface area contributed by atoms with Gasteiger partial charge in [-0.15, -0.1) is 11.3 Å². The van der Waals surface area contributed by atoms with E-state index in [1.54, 1.807) is 6.07 Å². The summed E-state index contributed by atoms with van der Waals surface area (Å²) in [5, 5.41) is 0. The fourth-order valence-electron chi connectivity index (χ4n) is 1.81. The molecule has 0 unspecified atom stereocenters. The summed E-state index contributed by atoms with van der Waals surface area (Å²) in [6, 6.07) is 7.31. The molecule has 0 spiro atoms. The Bertz CT molecular complexity index is 638. The third-order valence-corrected chi connectivity index (χ3v) is 4.52. The average Bonchev–Trinajstić information content (AvgIpc) is 2.83.